The van der Waals surface area contributed by atoms with Gasteiger partial charge in [-0.05, 0) is 39.2 Å². The molecule has 1 heterocycles. The van der Waals surface area contributed by atoms with Crippen LogP contribution in [0, 0.1) is 0 Å². The van der Waals surface area contributed by atoms with Crippen LogP contribution in [-0.2, 0) is 4.79 Å². The number of nitrogens with zero attached hydrogens (tertiary/aromatic N) is 2. The smallest absolute Gasteiger partial charge is 0.222 e. The molecule has 1 saturated heterocycles. The predicted octanol–water partition coefficient (Wildman–Crippen LogP) is 1.48. The van der Waals surface area contributed by atoms with Crippen molar-refractivity contribution in [2.45, 2.75) is 58.1 Å². The molecule has 4 heteroatoms. The van der Waals surface area contributed by atoms with E-state index in [0.29, 0.717) is 18.9 Å². The Hall–Kier alpha value is -0.610. The number of carbonyl (C=O) groups excluding carboxylic acids is 1. The van der Waals surface area contributed by atoms with Crippen molar-refractivity contribution in [2.24, 2.45) is 0 Å². The third kappa shape index (κ3) is 4.94. The number of carbonyl (C=O) groups is 1. The van der Waals surface area contributed by atoms with Gasteiger partial charge in [0, 0.05) is 32.6 Å². The topological polar surface area (TPSA) is 43.8 Å². The van der Waals surface area contributed by atoms with E-state index in [2.05, 4.69) is 11.8 Å². The van der Waals surface area contributed by atoms with Crippen molar-refractivity contribution in [1.29, 1.82) is 0 Å². The summed E-state index contributed by atoms with van der Waals surface area (Å²) in [6.07, 6.45) is 4.01. The van der Waals surface area contributed by atoms with Gasteiger partial charge in [-0.15, -0.1) is 0 Å². The molecule has 1 aliphatic heterocycles. The largest absolute Gasteiger partial charge is 0.393 e. The maximum atomic E-state index is 12.0. The summed E-state index contributed by atoms with van der Waals surface area (Å²) in [5.74, 6) is 0.171. The Bertz CT molecular complexity index is 248. The van der Waals surface area contributed by atoms with Crippen molar-refractivity contribution >= 4 is 5.91 Å². The van der Waals surface area contributed by atoms with Crippen molar-refractivity contribution < 1.29 is 9.90 Å². The summed E-state index contributed by atoms with van der Waals surface area (Å²) in [5, 5.41) is 9.21. The van der Waals surface area contributed by atoms with Crippen molar-refractivity contribution in [3.63, 3.8) is 0 Å². The highest BCUT2D eigenvalue weighted by atomic mass is 16.3. The van der Waals surface area contributed by atoms with Gasteiger partial charge in [0.05, 0.1) is 6.10 Å². The van der Waals surface area contributed by atoms with E-state index in [4.69, 9.17) is 0 Å². The maximum absolute atomic E-state index is 12.0. The van der Waals surface area contributed by atoms with Crippen LogP contribution in [0.1, 0.15) is 46.0 Å². The Labute approximate surface area is 111 Å². The monoisotopic (exact) mass is 256 g/mol. The third-order valence-corrected chi connectivity index (χ3v) is 3.81. The Morgan fingerprint density at radius 1 is 1.44 bits per heavy atom. The van der Waals surface area contributed by atoms with Crippen LogP contribution >= 0.6 is 0 Å². The average Bonchev–Trinajstić information content (AvgIpc) is 2.36. The molecule has 0 radical (unpaired) electrons. The summed E-state index contributed by atoms with van der Waals surface area (Å²) in [6.45, 7) is 7.32. The van der Waals surface area contributed by atoms with Crippen LogP contribution in [0.5, 0.6) is 0 Å². The van der Waals surface area contributed by atoms with Gasteiger partial charge in [0.1, 0.15) is 0 Å². The van der Waals surface area contributed by atoms with E-state index in [1.165, 1.54) is 13.0 Å². The Morgan fingerprint density at radius 3 is 2.56 bits per heavy atom. The number of aliphatic hydroxyl groups excluding tert-OH is 1. The van der Waals surface area contributed by atoms with Gasteiger partial charge in [-0.2, -0.15) is 0 Å². The molecule has 1 aliphatic rings. The average molecular weight is 256 g/mol. The van der Waals surface area contributed by atoms with Gasteiger partial charge >= 0.3 is 0 Å². The molecule has 106 valence electrons. The first-order chi connectivity index (χ1) is 8.54. The SMILES string of the molecule is CCCN1CCC(N(C)C(=O)CCC(C)O)CC1. The van der Waals surface area contributed by atoms with Crippen LogP contribution in [0.4, 0.5) is 0 Å². The lowest BCUT2D eigenvalue weighted by Gasteiger charge is -2.36. The zero-order chi connectivity index (χ0) is 13.5. The van der Waals surface area contributed by atoms with Crippen LogP contribution in [-0.4, -0.2) is 59.6 Å². The van der Waals surface area contributed by atoms with Gasteiger partial charge in [0.2, 0.25) is 5.91 Å². The zero-order valence-electron chi connectivity index (χ0n) is 12.1. The van der Waals surface area contributed by atoms with Crippen LogP contribution < -0.4 is 0 Å². The summed E-state index contributed by atoms with van der Waals surface area (Å²) in [6, 6.07) is 0.389. The normalized spacial score (nSPS) is 19.8. The summed E-state index contributed by atoms with van der Waals surface area (Å²) in [7, 11) is 1.91. The molecule has 0 spiro atoms. The highest BCUT2D eigenvalue weighted by Crippen LogP contribution is 2.16. The van der Waals surface area contributed by atoms with E-state index in [0.717, 1.165) is 25.9 Å². The summed E-state index contributed by atoms with van der Waals surface area (Å²) in [4.78, 5) is 16.3. The van der Waals surface area contributed by atoms with E-state index in [-0.39, 0.29) is 12.0 Å². The van der Waals surface area contributed by atoms with Crippen LogP contribution in [0.3, 0.4) is 0 Å². The third-order valence-electron chi connectivity index (χ3n) is 3.81. The number of amides is 1. The fourth-order valence-electron chi connectivity index (χ4n) is 2.56. The van der Waals surface area contributed by atoms with Gasteiger partial charge in [-0.3, -0.25) is 4.79 Å². The number of hydrogen-bond donors (Lipinski definition) is 1. The van der Waals surface area contributed by atoms with Crippen LogP contribution in [0.25, 0.3) is 0 Å². The Morgan fingerprint density at radius 2 is 2.06 bits per heavy atom. The predicted molar refractivity (Wildman–Crippen MR) is 73.4 cm³/mol. The van der Waals surface area contributed by atoms with Gasteiger partial charge in [0.25, 0.3) is 0 Å². The van der Waals surface area contributed by atoms with E-state index in [9.17, 15) is 9.90 Å². The maximum Gasteiger partial charge on any atom is 0.222 e. The molecule has 0 aromatic heterocycles. The highest BCUT2D eigenvalue weighted by molar-refractivity contribution is 5.76. The number of likely N-dealkylation sites (tertiary alicyclic amines) is 1. The van der Waals surface area contributed by atoms with Crippen LogP contribution in [0.2, 0.25) is 0 Å². The Balaban J connectivity index is 2.30. The standard InChI is InChI=1S/C14H28N2O2/c1-4-9-16-10-7-13(8-11-16)15(3)14(18)6-5-12(2)17/h12-13,17H,4-11H2,1-3H3. The molecule has 1 amide bonds. The molecule has 1 unspecified atom stereocenters. The number of piperidine rings is 1. The quantitative estimate of drug-likeness (QED) is 0.783. The molecule has 0 bridgehead atoms. The number of rotatable bonds is 6. The zero-order valence-corrected chi connectivity index (χ0v) is 12.1. The van der Waals surface area contributed by atoms with Gasteiger partial charge in [-0.25, -0.2) is 0 Å². The van der Waals surface area contributed by atoms with E-state index in [1.807, 2.05) is 11.9 Å². The van der Waals surface area contributed by atoms with E-state index >= 15 is 0 Å². The first-order valence-corrected chi connectivity index (χ1v) is 7.20. The molecule has 1 N–H and O–H groups in total. The first-order valence-electron chi connectivity index (χ1n) is 7.20. The molecule has 4 nitrogen and oxygen atoms in total. The lowest BCUT2D eigenvalue weighted by atomic mass is 10.0. The minimum atomic E-state index is -0.381. The van der Waals surface area contributed by atoms with Gasteiger partial charge < -0.3 is 14.9 Å². The molecular weight excluding hydrogens is 228 g/mol. The molecule has 0 saturated carbocycles. The van der Waals surface area contributed by atoms with Gasteiger partial charge in [0.15, 0.2) is 0 Å². The molecule has 0 aromatic rings. The summed E-state index contributed by atoms with van der Waals surface area (Å²) in [5.41, 5.74) is 0. The van der Waals surface area contributed by atoms with E-state index < -0.39 is 0 Å². The molecule has 0 aromatic carbocycles. The molecular formula is C14H28N2O2. The second kappa shape index (κ2) is 7.74. The van der Waals surface area contributed by atoms with Gasteiger partial charge in [-0.1, -0.05) is 6.92 Å². The number of hydrogen-bond acceptors (Lipinski definition) is 3. The van der Waals surface area contributed by atoms with Crippen molar-refractivity contribution in [3.05, 3.63) is 0 Å². The molecule has 0 aliphatic carbocycles. The lowest BCUT2D eigenvalue weighted by molar-refractivity contribution is -0.133. The molecule has 1 fully saturated rings. The fraction of sp³-hybridized carbons (Fsp3) is 0.929. The minimum absolute atomic E-state index is 0.171. The Kier molecular flexibility index (Phi) is 6.65. The fourth-order valence-corrected chi connectivity index (χ4v) is 2.56. The van der Waals surface area contributed by atoms with E-state index in [1.54, 1.807) is 6.92 Å². The van der Waals surface area contributed by atoms with Crippen LogP contribution in [0.15, 0.2) is 0 Å². The molecule has 1 atom stereocenters. The van der Waals surface area contributed by atoms with Crippen molar-refractivity contribution in [1.82, 2.24) is 9.80 Å². The molecule has 1 rings (SSSR count). The second-order valence-corrected chi connectivity index (χ2v) is 5.47. The summed E-state index contributed by atoms with van der Waals surface area (Å²) < 4.78 is 0. The van der Waals surface area contributed by atoms with Crippen molar-refractivity contribution in [3.8, 4) is 0 Å². The second-order valence-electron chi connectivity index (χ2n) is 5.47. The van der Waals surface area contributed by atoms with Crippen molar-refractivity contribution in [2.75, 3.05) is 26.7 Å². The lowest BCUT2D eigenvalue weighted by Crippen LogP contribution is -2.45. The summed E-state index contributed by atoms with van der Waals surface area (Å²) >= 11 is 0. The highest BCUT2D eigenvalue weighted by Gasteiger charge is 2.24. The molecule has 18 heavy (non-hydrogen) atoms. The number of aliphatic hydroxyl groups is 1. The minimum Gasteiger partial charge on any atom is -0.393 e. The first kappa shape index (κ1) is 15.4.